The maximum atomic E-state index is 7.28. The molecule has 0 amide bonds. The highest BCUT2D eigenvalue weighted by Crippen LogP contribution is 2.45. The fourth-order valence-corrected chi connectivity index (χ4v) is 11.5. The molecule has 3 heterocycles. The summed E-state index contributed by atoms with van der Waals surface area (Å²) >= 11 is 0. The van der Waals surface area contributed by atoms with Crippen LogP contribution in [-0.2, 0) is 0 Å². The maximum Gasteiger partial charge on any atom is 0.256 e. The molecule has 0 radical (unpaired) electrons. The molecule has 6 heteroatoms. The fourth-order valence-electron chi connectivity index (χ4n) is 11.5. The lowest BCUT2D eigenvalue weighted by Crippen LogP contribution is -2.63. The van der Waals surface area contributed by atoms with Gasteiger partial charge in [-0.25, -0.2) is 0 Å². The van der Waals surface area contributed by atoms with Crippen LogP contribution in [-0.4, -0.2) is 13.4 Å². The summed E-state index contributed by atoms with van der Waals surface area (Å²) in [6.07, 6.45) is 0. The lowest BCUT2D eigenvalue weighted by Gasteiger charge is -2.42. The minimum atomic E-state index is -0.0801. The molecule has 0 N–H and O–H groups in total. The first kappa shape index (κ1) is 42.6. The second kappa shape index (κ2) is 17.1. The molecule has 3 aliphatic heterocycles. The van der Waals surface area contributed by atoms with Crippen LogP contribution in [0.25, 0.3) is 0 Å². The summed E-state index contributed by atoms with van der Waals surface area (Å²) in [4.78, 5) is 7.31. The van der Waals surface area contributed by atoms with Crippen molar-refractivity contribution in [2.45, 2.75) is 59.3 Å². The lowest BCUT2D eigenvalue weighted by molar-refractivity contribution is 0.488. The van der Waals surface area contributed by atoms with Gasteiger partial charge in [0, 0.05) is 57.3 Å². The van der Waals surface area contributed by atoms with Gasteiger partial charge in [-0.1, -0.05) is 168 Å². The van der Waals surface area contributed by atoms with E-state index >= 15 is 0 Å². The smallest absolute Gasteiger partial charge is 0.256 e. The van der Waals surface area contributed by atoms with Crippen molar-refractivity contribution in [1.82, 2.24) is 0 Å². The monoisotopic (exact) mass is 891 g/mol. The zero-order chi connectivity index (χ0) is 46.9. The Hall–Kier alpha value is -7.69. The van der Waals surface area contributed by atoms with Gasteiger partial charge < -0.3 is 19.4 Å². The van der Waals surface area contributed by atoms with Crippen molar-refractivity contribution in [2.75, 3.05) is 14.7 Å². The molecule has 4 nitrogen and oxygen atoms in total. The van der Waals surface area contributed by atoms with E-state index in [0.717, 1.165) is 57.0 Å². The van der Waals surface area contributed by atoms with Crippen molar-refractivity contribution >= 4 is 97.4 Å². The van der Waals surface area contributed by atoms with Gasteiger partial charge in [-0.2, -0.15) is 0 Å². The van der Waals surface area contributed by atoms with Crippen LogP contribution in [0.5, 0.6) is 11.5 Å². The van der Waals surface area contributed by atoms with Crippen molar-refractivity contribution in [3.63, 3.8) is 0 Å². The molecule has 0 aromatic heterocycles. The molecule has 3 aliphatic rings. The number of hydrogen-bond acceptors (Lipinski definition) is 4. The zero-order valence-corrected chi connectivity index (χ0v) is 40.3. The summed E-state index contributed by atoms with van der Waals surface area (Å²) < 4.78 is 7.28. The first-order valence-corrected chi connectivity index (χ1v) is 24.7. The molecule has 0 saturated heterocycles. The first-order chi connectivity index (χ1) is 33.7. The van der Waals surface area contributed by atoms with Crippen LogP contribution < -0.4 is 52.2 Å². The van der Waals surface area contributed by atoms with Crippen LogP contribution >= 0.6 is 0 Å². The third-order valence-electron chi connectivity index (χ3n) is 14.7. The Bertz CT molecular complexity index is 3310. The average Bonchev–Trinajstić information content (AvgIpc) is 3.38. The SMILES string of the molecule is CC(C)c1cc(C(C)C)c(B2c3ccc(N(c4ccccc4)c4ccccc4)cc3N(c3ccccc3)c3cc4c(cc32)B2c3ccccc3N(c3ccccc3)c3cccc(c32)O4)c(C(C)C)c1. The van der Waals surface area contributed by atoms with E-state index in [9.17, 15) is 0 Å². The third-order valence-corrected chi connectivity index (χ3v) is 14.7. The Morgan fingerprint density at radius 3 is 1.46 bits per heavy atom. The van der Waals surface area contributed by atoms with Crippen molar-refractivity contribution in [2.24, 2.45) is 0 Å². The Morgan fingerprint density at radius 1 is 0.362 bits per heavy atom. The quantitative estimate of drug-likeness (QED) is 0.134. The molecule has 0 fully saturated rings. The van der Waals surface area contributed by atoms with Gasteiger partial charge in [-0.05, 0) is 141 Å². The summed E-state index contributed by atoms with van der Waals surface area (Å²) in [5.74, 6) is 2.79. The van der Waals surface area contributed by atoms with Crippen molar-refractivity contribution < 1.29 is 4.74 Å². The van der Waals surface area contributed by atoms with E-state index in [1.807, 2.05) is 0 Å². The van der Waals surface area contributed by atoms with Crippen LogP contribution in [0.2, 0.25) is 0 Å². The standard InChI is InChI=1S/C63H55B2N3O/c1-41(2)44-36-50(42(3)4)62(51(37-44)43(5)6)64-53-35-34-49(66(45-22-11-7-12-23-45)46-24-13-8-14-25-46)38-58(53)68(48-28-17-10-18-29-48)59-40-61-55(39-54(59)64)65-52-30-19-20-31-56(52)67(47-26-15-9-16-27-47)57-32-21-33-60(69-61)63(57)65/h7-43H,1-6H3. The molecule has 0 unspecified atom stereocenters. The number of anilines is 9. The Balaban J connectivity index is 1.17. The van der Waals surface area contributed by atoms with Gasteiger partial charge in [0.15, 0.2) is 0 Å². The van der Waals surface area contributed by atoms with Gasteiger partial charge >= 0.3 is 0 Å². The average molecular weight is 892 g/mol. The molecule has 9 aromatic carbocycles. The van der Waals surface area contributed by atoms with E-state index < -0.39 is 0 Å². The van der Waals surface area contributed by atoms with Crippen LogP contribution in [0.1, 0.15) is 76.0 Å². The van der Waals surface area contributed by atoms with Crippen molar-refractivity contribution in [1.29, 1.82) is 0 Å². The third kappa shape index (κ3) is 7.07. The first-order valence-electron chi connectivity index (χ1n) is 24.7. The number of hydrogen-bond donors (Lipinski definition) is 0. The highest BCUT2D eigenvalue weighted by Gasteiger charge is 2.45. The highest BCUT2D eigenvalue weighted by molar-refractivity contribution is 7.01. The number of ether oxygens (including phenoxy) is 1. The number of fused-ring (bicyclic) bond motifs is 6. The second-order valence-electron chi connectivity index (χ2n) is 19.8. The molecule has 0 bridgehead atoms. The molecule has 0 spiro atoms. The zero-order valence-electron chi connectivity index (χ0n) is 40.3. The van der Waals surface area contributed by atoms with E-state index in [1.54, 1.807) is 0 Å². The van der Waals surface area contributed by atoms with Gasteiger partial charge in [-0.15, -0.1) is 0 Å². The van der Waals surface area contributed by atoms with Gasteiger partial charge in [0.25, 0.3) is 6.71 Å². The number of nitrogens with zero attached hydrogens (tertiary/aromatic N) is 3. The minimum Gasteiger partial charge on any atom is -0.458 e. The van der Waals surface area contributed by atoms with Gasteiger partial charge in [0.1, 0.15) is 11.5 Å². The van der Waals surface area contributed by atoms with Crippen LogP contribution in [0, 0.1) is 0 Å². The second-order valence-corrected chi connectivity index (χ2v) is 19.8. The minimum absolute atomic E-state index is 0.0428. The Kier molecular flexibility index (Phi) is 10.6. The summed E-state index contributed by atoms with van der Waals surface area (Å²) in [5.41, 5.74) is 22.1. The van der Waals surface area contributed by atoms with Gasteiger partial charge in [-0.3, -0.25) is 0 Å². The largest absolute Gasteiger partial charge is 0.458 e. The van der Waals surface area contributed by atoms with E-state index in [0.29, 0.717) is 17.8 Å². The topological polar surface area (TPSA) is 19.0 Å². The molecule has 9 aromatic rings. The van der Waals surface area contributed by atoms with E-state index in [4.69, 9.17) is 4.74 Å². The fraction of sp³-hybridized carbons (Fsp3) is 0.143. The molecule has 0 atom stereocenters. The number of rotatable bonds is 9. The number of benzene rings is 9. The molecular formula is C63H55B2N3O. The summed E-state index contributed by atoms with van der Waals surface area (Å²) in [7, 11) is 0. The molecule has 0 saturated carbocycles. The molecule has 0 aliphatic carbocycles. The summed E-state index contributed by atoms with van der Waals surface area (Å²) in [5, 5.41) is 0. The van der Waals surface area contributed by atoms with Gasteiger partial charge in [0.2, 0.25) is 6.71 Å². The highest BCUT2D eigenvalue weighted by atomic mass is 16.5. The van der Waals surface area contributed by atoms with Gasteiger partial charge in [0.05, 0.1) is 0 Å². The van der Waals surface area contributed by atoms with Crippen molar-refractivity contribution in [3.05, 3.63) is 223 Å². The number of para-hydroxylation sites is 5. The molecule has 12 rings (SSSR count). The lowest BCUT2D eigenvalue weighted by atomic mass is 9.30. The molecule has 69 heavy (non-hydrogen) atoms. The van der Waals surface area contributed by atoms with Crippen molar-refractivity contribution in [3.8, 4) is 11.5 Å². The maximum absolute atomic E-state index is 7.28. The molecule has 334 valence electrons. The molecular weight excluding hydrogens is 836 g/mol. The Labute approximate surface area is 408 Å². The Morgan fingerprint density at radius 2 is 0.870 bits per heavy atom. The van der Waals surface area contributed by atoms with Crippen LogP contribution in [0.15, 0.2) is 206 Å². The normalized spacial score (nSPS) is 13.2. The summed E-state index contributed by atoms with van der Waals surface area (Å²) in [6, 6.07) is 76.0. The van der Waals surface area contributed by atoms with E-state index in [-0.39, 0.29) is 13.4 Å². The predicted octanol–water partition coefficient (Wildman–Crippen LogP) is 13.2. The van der Waals surface area contributed by atoms with Crippen LogP contribution in [0.3, 0.4) is 0 Å². The predicted molar refractivity (Wildman–Crippen MR) is 295 cm³/mol. The van der Waals surface area contributed by atoms with E-state index in [2.05, 4.69) is 262 Å². The van der Waals surface area contributed by atoms with E-state index in [1.165, 1.54) is 55.2 Å². The summed E-state index contributed by atoms with van der Waals surface area (Å²) in [6.45, 7) is 14.1. The van der Waals surface area contributed by atoms with Crippen LogP contribution in [0.4, 0.5) is 51.2 Å².